The molecule has 5 rings (SSSR count). The molecule has 1 fully saturated rings. The van der Waals surface area contributed by atoms with Gasteiger partial charge in [-0.15, -0.1) is 0 Å². The van der Waals surface area contributed by atoms with Gasteiger partial charge in [0.15, 0.2) is 23.1 Å². The minimum absolute atomic E-state index is 0.0186. The van der Waals surface area contributed by atoms with Gasteiger partial charge in [-0.1, -0.05) is 29.9 Å². The van der Waals surface area contributed by atoms with Gasteiger partial charge in [0, 0.05) is 28.2 Å². The van der Waals surface area contributed by atoms with Gasteiger partial charge in [0.2, 0.25) is 11.8 Å². The van der Waals surface area contributed by atoms with Crippen molar-refractivity contribution in [2.24, 2.45) is 23.7 Å². The zero-order valence-electron chi connectivity index (χ0n) is 21.7. The van der Waals surface area contributed by atoms with Crippen LogP contribution in [0, 0.1) is 23.7 Å². The first kappa shape index (κ1) is 24.9. The van der Waals surface area contributed by atoms with Crippen LogP contribution < -0.4 is 4.74 Å². The molecule has 0 unspecified atom stereocenters. The van der Waals surface area contributed by atoms with Crippen LogP contribution >= 0.6 is 0 Å². The SMILES string of the molecule is COc1cc(C=C[C@H]2C3=CC[C@@H]4C(=O)N(C(C)(C)C)C(=O)[C@@H]4[C@@H]3CC3=C2C(=O)C(C)=CC3=O)ccc1O. The third kappa shape index (κ3) is 3.88. The number of phenolic OH excluding ortho intramolecular Hbond substituents is 1. The van der Waals surface area contributed by atoms with Crippen LogP contribution in [0.15, 0.2) is 58.7 Å². The smallest absolute Gasteiger partial charge is 0.234 e. The zero-order valence-corrected chi connectivity index (χ0v) is 21.7. The molecular formula is C30H31NO6. The number of likely N-dealkylation sites (tertiary alicyclic amines) is 1. The fourth-order valence-electron chi connectivity index (χ4n) is 6.30. The van der Waals surface area contributed by atoms with Gasteiger partial charge in [0.1, 0.15) is 0 Å². The third-order valence-electron chi connectivity index (χ3n) is 7.97. The number of ketones is 2. The molecule has 1 heterocycles. The number of phenols is 1. The number of nitrogens with zero attached hydrogens (tertiary/aromatic N) is 1. The third-order valence-corrected chi connectivity index (χ3v) is 7.97. The van der Waals surface area contributed by atoms with E-state index in [4.69, 9.17) is 4.74 Å². The van der Waals surface area contributed by atoms with E-state index >= 15 is 0 Å². The summed E-state index contributed by atoms with van der Waals surface area (Å²) >= 11 is 0. The summed E-state index contributed by atoms with van der Waals surface area (Å²) in [7, 11) is 1.47. The number of hydrogen-bond donors (Lipinski definition) is 1. The normalized spacial score (nSPS) is 27.8. The Morgan fingerprint density at radius 3 is 2.49 bits per heavy atom. The van der Waals surface area contributed by atoms with Crippen molar-refractivity contribution in [1.29, 1.82) is 0 Å². The van der Waals surface area contributed by atoms with Crippen LogP contribution in [-0.4, -0.2) is 46.0 Å². The number of amides is 2. The summed E-state index contributed by atoms with van der Waals surface area (Å²) in [5.74, 6) is -2.25. The second-order valence-electron chi connectivity index (χ2n) is 11.2. The van der Waals surface area contributed by atoms with Gasteiger partial charge in [0.05, 0.1) is 18.9 Å². The standard InChI is InChI=1S/C30H31NO6/c1-15-12-23(33)21-14-20-17(9-10-19-26(20)29(36)31(28(19)35)30(2,3)4)18(25(21)27(15)34)8-6-16-7-11-22(32)24(13-16)37-5/h6-9,11-13,18-20,26,32H,10,14H2,1-5H3/t18-,19-,20+,26-/m0/s1. The van der Waals surface area contributed by atoms with E-state index < -0.39 is 23.3 Å². The number of aromatic hydroxyl groups is 1. The minimum Gasteiger partial charge on any atom is -0.504 e. The van der Waals surface area contributed by atoms with E-state index in [-0.39, 0.29) is 41.5 Å². The summed E-state index contributed by atoms with van der Waals surface area (Å²) in [6.45, 7) is 7.20. The van der Waals surface area contributed by atoms with Gasteiger partial charge >= 0.3 is 0 Å². The molecule has 192 valence electrons. The highest BCUT2D eigenvalue weighted by Crippen LogP contribution is 2.53. The lowest BCUT2D eigenvalue weighted by atomic mass is 9.60. The van der Waals surface area contributed by atoms with Gasteiger partial charge in [-0.3, -0.25) is 24.1 Å². The number of allylic oxidation sites excluding steroid dienone is 7. The molecule has 1 aliphatic heterocycles. The van der Waals surface area contributed by atoms with Crippen molar-refractivity contribution in [2.75, 3.05) is 7.11 Å². The number of ether oxygens (including phenoxy) is 1. The molecule has 37 heavy (non-hydrogen) atoms. The monoisotopic (exact) mass is 501 g/mol. The van der Waals surface area contributed by atoms with Crippen molar-refractivity contribution >= 4 is 29.5 Å². The highest BCUT2D eigenvalue weighted by atomic mass is 16.5. The van der Waals surface area contributed by atoms with Crippen LogP contribution in [0.3, 0.4) is 0 Å². The van der Waals surface area contributed by atoms with Crippen molar-refractivity contribution in [2.45, 2.75) is 46.1 Å². The van der Waals surface area contributed by atoms with Crippen molar-refractivity contribution in [1.82, 2.24) is 4.90 Å². The molecule has 3 aliphatic carbocycles. The summed E-state index contributed by atoms with van der Waals surface area (Å²) in [5, 5.41) is 9.95. The Bertz CT molecular complexity index is 1370. The first-order valence-corrected chi connectivity index (χ1v) is 12.6. The molecule has 1 aromatic carbocycles. The molecule has 0 aromatic heterocycles. The van der Waals surface area contributed by atoms with Gasteiger partial charge in [-0.2, -0.15) is 0 Å². The molecule has 0 saturated carbocycles. The van der Waals surface area contributed by atoms with Gasteiger partial charge in [-0.05, 0) is 70.2 Å². The van der Waals surface area contributed by atoms with Gasteiger partial charge in [0.25, 0.3) is 0 Å². The van der Waals surface area contributed by atoms with E-state index in [1.807, 2.05) is 39.0 Å². The summed E-state index contributed by atoms with van der Waals surface area (Å²) in [5.41, 5.74) is 2.31. The Hall–Kier alpha value is -3.74. The number of fused-ring (bicyclic) bond motifs is 3. The first-order valence-electron chi connectivity index (χ1n) is 12.6. The molecule has 0 radical (unpaired) electrons. The number of Topliss-reactive ketones (excluding diaryl/α,β-unsaturated/α-hetero) is 1. The molecular weight excluding hydrogens is 470 g/mol. The Balaban J connectivity index is 1.61. The van der Waals surface area contributed by atoms with Crippen LogP contribution in [0.4, 0.5) is 0 Å². The summed E-state index contributed by atoms with van der Waals surface area (Å²) in [6, 6.07) is 4.95. The highest BCUT2D eigenvalue weighted by Gasteiger charge is 2.57. The molecule has 1 saturated heterocycles. The van der Waals surface area contributed by atoms with Crippen LogP contribution in [0.25, 0.3) is 6.08 Å². The van der Waals surface area contributed by atoms with E-state index in [0.717, 1.165) is 11.1 Å². The van der Waals surface area contributed by atoms with E-state index in [2.05, 4.69) is 0 Å². The first-order chi connectivity index (χ1) is 17.4. The van der Waals surface area contributed by atoms with Crippen molar-refractivity contribution in [3.63, 3.8) is 0 Å². The van der Waals surface area contributed by atoms with Crippen LogP contribution in [-0.2, 0) is 19.2 Å². The number of methoxy groups -OCH3 is 1. The maximum Gasteiger partial charge on any atom is 0.234 e. The van der Waals surface area contributed by atoms with Gasteiger partial charge < -0.3 is 9.84 Å². The Morgan fingerprint density at radius 1 is 1.08 bits per heavy atom. The molecule has 7 nitrogen and oxygen atoms in total. The number of carbonyl (C=O) groups is 4. The summed E-state index contributed by atoms with van der Waals surface area (Å²) < 4.78 is 5.22. The number of hydrogen-bond acceptors (Lipinski definition) is 6. The average Bonchev–Trinajstić information content (AvgIpc) is 3.11. The number of imide groups is 1. The molecule has 7 heteroatoms. The lowest BCUT2D eigenvalue weighted by Gasteiger charge is -2.41. The molecule has 2 amide bonds. The Morgan fingerprint density at radius 2 is 1.81 bits per heavy atom. The second kappa shape index (κ2) is 8.68. The molecule has 4 aliphatic rings. The Labute approximate surface area is 216 Å². The van der Waals surface area contributed by atoms with Crippen molar-refractivity contribution in [3.05, 3.63) is 64.3 Å². The van der Waals surface area contributed by atoms with Gasteiger partial charge in [-0.25, -0.2) is 0 Å². The maximum absolute atomic E-state index is 13.6. The quantitative estimate of drug-likeness (QED) is 0.379. The predicted octanol–water partition coefficient (Wildman–Crippen LogP) is 4.17. The number of benzene rings is 1. The van der Waals surface area contributed by atoms with E-state index in [0.29, 0.717) is 28.9 Å². The van der Waals surface area contributed by atoms with E-state index in [9.17, 15) is 24.3 Å². The fraction of sp³-hybridized carbons (Fsp3) is 0.400. The highest BCUT2D eigenvalue weighted by molar-refractivity contribution is 6.23. The molecule has 0 bridgehead atoms. The van der Waals surface area contributed by atoms with E-state index in [1.165, 1.54) is 24.2 Å². The zero-order chi connectivity index (χ0) is 26.8. The topological polar surface area (TPSA) is 101 Å². The lowest BCUT2D eigenvalue weighted by Crippen LogP contribution is -2.46. The number of rotatable bonds is 3. The van der Waals surface area contributed by atoms with Crippen molar-refractivity contribution < 1.29 is 29.0 Å². The molecule has 0 spiro atoms. The Kier molecular flexibility index (Phi) is 5.85. The van der Waals surface area contributed by atoms with Crippen LogP contribution in [0.5, 0.6) is 11.5 Å². The second-order valence-corrected chi connectivity index (χ2v) is 11.2. The largest absolute Gasteiger partial charge is 0.504 e. The van der Waals surface area contributed by atoms with Crippen LogP contribution in [0.1, 0.15) is 46.1 Å². The lowest BCUT2D eigenvalue weighted by molar-refractivity contribution is -0.145. The van der Waals surface area contributed by atoms with Crippen molar-refractivity contribution in [3.8, 4) is 11.5 Å². The summed E-state index contributed by atoms with van der Waals surface area (Å²) in [6.07, 6.45) is 7.79. The molecule has 1 aromatic rings. The average molecular weight is 502 g/mol. The fourth-order valence-corrected chi connectivity index (χ4v) is 6.30. The maximum atomic E-state index is 13.6. The number of carbonyl (C=O) groups excluding carboxylic acids is 4. The minimum atomic E-state index is -0.640. The molecule has 4 atom stereocenters. The van der Waals surface area contributed by atoms with E-state index in [1.54, 1.807) is 19.1 Å². The predicted molar refractivity (Wildman–Crippen MR) is 137 cm³/mol. The molecule has 1 N–H and O–H groups in total. The summed E-state index contributed by atoms with van der Waals surface area (Å²) in [4.78, 5) is 54.8. The van der Waals surface area contributed by atoms with Crippen LogP contribution in [0.2, 0.25) is 0 Å².